The molecule has 6 nitrogen and oxygen atoms in total. The average molecular weight is 516 g/mol. The number of carbonyl (C=O) groups is 1. The number of hydrogen-bond donors (Lipinski definition) is 0. The lowest BCUT2D eigenvalue weighted by atomic mass is 10.1. The molecule has 0 radical (unpaired) electrons. The van der Waals surface area contributed by atoms with E-state index in [1.807, 2.05) is 0 Å². The van der Waals surface area contributed by atoms with Gasteiger partial charge in [0, 0.05) is 10.6 Å². The summed E-state index contributed by atoms with van der Waals surface area (Å²) in [6.07, 6.45) is 0. The Morgan fingerprint density at radius 2 is 1.81 bits per heavy atom. The van der Waals surface area contributed by atoms with Crippen molar-refractivity contribution in [3.63, 3.8) is 0 Å². The smallest absolute Gasteiger partial charge is 0.349 e. The van der Waals surface area contributed by atoms with Crippen LogP contribution in [0.5, 0.6) is 17.2 Å². The maximum atomic E-state index is 13.1. The SMILES string of the molecule is COc1ccc(-c2oc3ccccc3c(=O)c2OC(=O)COc2ccc(Cl)cc2)cc1Br. The van der Waals surface area contributed by atoms with Gasteiger partial charge in [-0.1, -0.05) is 23.7 Å². The van der Waals surface area contributed by atoms with Crippen molar-refractivity contribution in [2.75, 3.05) is 13.7 Å². The second kappa shape index (κ2) is 9.46. The molecular weight excluding hydrogens is 500 g/mol. The van der Waals surface area contributed by atoms with Gasteiger partial charge < -0.3 is 18.6 Å². The highest BCUT2D eigenvalue weighted by atomic mass is 79.9. The summed E-state index contributed by atoms with van der Waals surface area (Å²) in [5.74, 6) is 0.196. The third-order valence-corrected chi connectivity index (χ3v) is 5.43. The number of para-hydroxylation sites is 1. The van der Waals surface area contributed by atoms with Crippen molar-refractivity contribution >= 4 is 44.5 Å². The third-order valence-electron chi connectivity index (χ3n) is 4.56. The van der Waals surface area contributed by atoms with Crippen LogP contribution in [0, 0.1) is 0 Å². The lowest BCUT2D eigenvalue weighted by Crippen LogP contribution is -2.21. The van der Waals surface area contributed by atoms with Gasteiger partial charge in [-0.15, -0.1) is 0 Å². The molecule has 0 atom stereocenters. The van der Waals surface area contributed by atoms with Crippen molar-refractivity contribution < 1.29 is 23.4 Å². The van der Waals surface area contributed by atoms with E-state index in [0.29, 0.717) is 37.5 Å². The monoisotopic (exact) mass is 514 g/mol. The Bertz CT molecular complexity index is 1350. The van der Waals surface area contributed by atoms with E-state index in [4.69, 9.17) is 30.2 Å². The highest BCUT2D eigenvalue weighted by Gasteiger charge is 2.21. The van der Waals surface area contributed by atoms with E-state index < -0.39 is 18.0 Å². The van der Waals surface area contributed by atoms with Crippen LogP contribution in [-0.2, 0) is 4.79 Å². The summed E-state index contributed by atoms with van der Waals surface area (Å²) in [4.78, 5) is 25.7. The molecular formula is C24H16BrClO6. The Kier molecular flexibility index (Phi) is 6.48. The predicted octanol–water partition coefficient (Wildman–Crippen LogP) is 5.87. The first kappa shape index (κ1) is 21.9. The number of carbonyl (C=O) groups excluding carboxylic acids is 1. The number of hydrogen-bond acceptors (Lipinski definition) is 6. The van der Waals surface area contributed by atoms with E-state index in [-0.39, 0.29) is 11.5 Å². The molecule has 0 saturated carbocycles. The molecule has 0 spiro atoms. The van der Waals surface area contributed by atoms with E-state index >= 15 is 0 Å². The summed E-state index contributed by atoms with van der Waals surface area (Å²) in [5.41, 5.74) is 0.437. The zero-order valence-electron chi connectivity index (χ0n) is 16.8. The normalized spacial score (nSPS) is 10.7. The summed E-state index contributed by atoms with van der Waals surface area (Å²) in [7, 11) is 1.55. The van der Waals surface area contributed by atoms with Crippen molar-refractivity contribution in [1.82, 2.24) is 0 Å². The van der Waals surface area contributed by atoms with E-state index in [1.165, 1.54) is 0 Å². The number of fused-ring (bicyclic) bond motifs is 1. The van der Waals surface area contributed by atoms with Crippen LogP contribution in [-0.4, -0.2) is 19.7 Å². The minimum atomic E-state index is -0.753. The van der Waals surface area contributed by atoms with E-state index in [1.54, 1.807) is 73.8 Å². The lowest BCUT2D eigenvalue weighted by Gasteiger charge is -2.12. The van der Waals surface area contributed by atoms with Crippen molar-refractivity contribution in [2.45, 2.75) is 0 Å². The van der Waals surface area contributed by atoms with Crippen LogP contribution >= 0.6 is 27.5 Å². The highest BCUT2D eigenvalue weighted by Crippen LogP contribution is 2.35. The van der Waals surface area contributed by atoms with Gasteiger partial charge in [0.2, 0.25) is 11.2 Å². The fourth-order valence-corrected chi connectivity index (χ4v) is 3.70. The molecule has 0 N–H and O–H groups in total. The second-order valence-electron chi connectivity index (χ2n) is 6.65. The summed E-state index contributed by atoms with van der Waals surface area (Å²) in [5, 5.41) is 0.842. The highest BCUT2D eigenvalue weighted by molar-refractivity contribution is 9.10. The van der Waals surface area contributed by atoms with Crippen molar-refractivity contribution in [2.24, 2.45) is 0 Å². The molecule has 0 amide bonds. The van der Waals surface area contributed by atoms with E-state index in [2.05, 4.69) is 15.9 Å². The number of esters is 1. The molecule has 3 aromatic carbocycles. The summed E-state index contributed by atoms with van der Waals surface area (Å²) in [6, 6.07) is 18.4. The molecule has 8 heteroatoms. The average Bonchev–Trinajstić information content (AvgIpc) is 2.80. The zero-order chi connectivity index (χ0) is 22.7. The van der Waals surface area contributed by atoms with Gasteiger partial charge in [-0.3, -0.25) is 4.79 Å². The Morgan fingerprint density at radius 3 is 2.53 bits per heavy atom. The van der Waals surface area contributed by atoms with Crippen LogP contribution in [0.2, 0.25) is 5.02 Å². The maximum absolute atomic E-state index is 13.1. The minimum absolute atomic E-state index is 0.122. The van der Waals surface area contributed by atoms with Gasteiger partial charge in [0.25, 0.3) is 0 Å². The summed E-state index contributed by atoms with van der Waals surface area (Å²) >= 11 is 9.27. The van der Waals surface area contributed by atoms with Crippen LogP contribution in [0.1, 0.15) is 0 Å². The molecule has 0 fully saturated rings. The van der Waals surface area contributed by atoms with Crippen molar-refractivity contribution in [3.05, 3.63) is 86.4 Å². The van der Waals surface area contributed by atoms with Gasteiger partial charge in [-0.05, 0) is 70.5 Å². The Labute approximate surface area is 196 Å². The summed E-state index contributed by atoms with van der Waals surface area (Å²) in [6.45, 7) is -0.403. The zero-order valence-corrected chi connectivity index (χ0v) is 19.1. The predicted molar refractivity (Wildman–Crippen MR) is 125 cm³/mol. The molecule has 1 aromatic heterocycles. The summed E-state index contributed by atoms with van der Waals surface area (Å²) < 4.78 is 22.7. The molecule has 32 heavy (non-hydrogen) atoms. The largest absolute Gasteiger partial charge is 0.496 e. The Morgan fingerprint density at radius 1 is 1.06 bits per heavy atom. The van der Waals surface area contributed by atoms with Crippen LogP contribution in [0.3, 0.4) is 0 Å². The van der Waals surface area contributed by atoms with Crippen LogP contribution in [0.15, 0.2) is 80.4 Å². The molecule has 0 unspecified atom stereocenters. The minimum Gasteiger partial charge on any atom is -0.496 e. The molecule has 0 saturated heterocycles. The van der Waals surface area contributed by atoms with Gasteiger partial charge >= 0.3 is 5.97 Å². The fourth-order valence-electron chi connectivity index (χ4n) is 3.03. The van der Waals surface area contributed by atoms with Gasteiger partial charge in [-0.2, -0.15) is 0 Å². The van der Waals surface area contributed by atoms with Gasteiger partial charge in [0.05, 0.1) is 17.0 Å². The standard InChI is InChI=1S/C24H16BrClO6/c1-29-20-11-6-14(12-18(20)25)23-24(22(28)17-4-2-3-5-19(17)31-23)32-21(27)13-30-16-9-7-15(26)8-10-16/h2-12H,13H2,1H3. The number of methoxy groups -OCH3 is 1. The van der Waals surface area contributed by atoms with Gasteiger partial charge in [0.15, 0.2) is 12.4 Å². The number of ether oxygens (including phenoxy) is 3. The van der Waals surface area contributed by atoms with Crippen LogP contribution < -0.4 is 19.6 Å². The third kappa shape index (κ3) is 4.64. The van der Waals surface area contributed by atoms with Gasteiger partial charge in [0.1, 0.15) is 17.1 Å². The molecule has 0 aliphatic heterocycles. The van der Waals surface area contributed by atoms with E-state index in [9.17, 15) is 9.59 Å². The number of benzene rings is 3. The fraction of sp³-hybridized carbons (Fsp3) is 0.0833. The van der Waals surface area contributed by atoms with Crippen molar-refractivity contribution in [1.29, 1.82) is 0 Å². The molecule has 162 valence electrons. The van der Waals surface area contributed by atoms with E-state index in [0.717, 1.165) is 0 Å². The Balaban J connectivity index is 1.70. The molecule has 1 heterocycles. The number of halogens is 2. The van der Waals surface area contributed by atoms with Crippen LogP contribution in [0.4, 0.5) is 0 Å². The Hall–Kier alpha value is -3.29. The molecule has 0 aliphatic rings. The molecule has 4 aromatic rings. The maximum Gasteiger partial charge on any atom is 0.349 e. The van der Waals surface area contributed by atoms with Gasteiger partial charge in [-0.25, -0.2) is 4.79 Å². The first-order chi connectivity index (χ1) is 15.5. The van der Waals surface area contributed by atoms with Crippen LogP contribution in [0.25, 0.3) is 22.3 Å². The van der Waals surface area contributed by atoms with Crippen molar-refractivity contribution in [3.8, 4) is 28.6 Å². The first-order valence-electron chi connectivity index (χ1n) is 9.45. The number of rotatable bonds is 6. The first-order valence-corrected chi connectivity index (χ1v) is 10.6. The topological polar surface area (TPSA) is 75.0 Å². The second-order valence-corrected chi connectivity index (χ2v) is 7.94. The molecule has 4 rings (SSSR count). The molecule has 0 aliphatic carbocycles. The lowest BCUT2D eigenvalue weighted by molar-refractivity contribution is -0.136. The molecule has 0 bridgehead atoms. The quantitative estimate of drug-likeness (QED) is 0.299.